The minimum atomic E-state index is 0.883. The van der Waals surface area contributed by atoms with Crippen molar-refractivity contribution in [3.63, 3.8) is 0 Å². The quantitative estimate of drug-likeness (QED) is 0.770. The summed E-state index contributed by atoms with van der Waals surface area (Å²) in [4.78, 5) is 5.37. The van der Waals surface area contributed by atoms with Crippen LogP contribution in [0.4, 0.5) is 0 Å². The van der Waals surface area contributed by atoms with Gasteiger partial charge in [0.15, 0.2) is 0 Å². The fraction of sp³-hybridized carbons (Fsp3) is 1.00. The van der Waals surface area contributed by atoms with Crippen molar-refractivity contribution >= 4 is 0 Å². The maximum Gasteiger partial charge on any atom is 0.00132 e. The van der Waals surface area contributed by atoms with E-state index < -0.39 is 0 Å². The van der Waals surface area contributed by atoms with Gasteiger partial charge in [-0.25, -0.2) is 0 Å². The average molecular weight is 266 g/mol. The molecule has 2 fully saturated rings. The molecule has 0 aromatic rings. The lowest BCUT2D eigenvalue weighted by molar-refractivity contribution is 0.0784. The summed E-state index contributed by atoms with van der Waals surface area (Å²) in [5.41, 5.74) is 0. The Bertz CT molecular complexity index is 256. The molecule has 0 N–H and O–H groups in total. The fourth-order valence-electron chi connectivity index (χ4n) is 3.97. The second-order valence-electron chi connectivity index (χ2n) is 7.30. The lowest BCUT2D eigenvalue weighted by Crippen LogP contribution is -2.45. The first-order chi connectivity index (χ1) is 9.10. The summed E-state index contributed by atoms with van der Waals surface area (Å²) in [7, 11) is 0. The predicted octanol–water partition coefficient (Wildman–Crippen LogP) is 3.33. The van der Waals surface area contributed by atoms with Crippen LogP contribution in [0.2, 0.25) is 0 Å². The van der Waals surface area contributed by atoms with Crippen LogP contribution in [0.1, 0.15) is 47.0 Å². The zero-order valence-corrected chi connectivity index (χ0v) is 13.6. The smallest absolute Gasteiger partial charge is 0.00132 e. The van der Waals surface area contributed by atoms with Crippen LogP contribution in [0.25, 0.3) is 0 Å². The lowest BCUT2D eigenvalue weighted by atomic mass is 9.84. The molecule has 2 heterocycles. The first kappa shape index (κ1) is 15.3. The van der Waals surface area contributed by atoms with E-state index in [1.54, 1.807) is 0 Å². The van der Waals surface area contributed by atoms with E-state index in [9.17, 15) is 0 Å². The zero-order valence-electron chi connectivity index (χ0n) is 13.6. The highest BCUT2D eigenvalue weighted by Gasteiger charge is 2.28. The largest absolute Gasteiger partial charge is 0.303 e. The van der Waals surface area contributed by atoms with Crippen LogP contribution < -0.4 is 0 Å². The van der Waals surface area contributed by atoms with Gasteiger partial charge in [0, 0.05) is 13.1 Å². The molecule has 2 atom stereocenters. The molecule has 2 saturated heterocycles. The molecule has 0 spiro atoms. The van der Waals surface area contributed by atoms with E-state index in [1.807, 2.05) is 0 Å². The molecule has 0 radical (unpaired) electrons. The summed E-state index contributed by atoms with van der Waals surface area (Å²) >= 11 is 0. The summed E-state index contributed by atoms with van der Waals surface area (Å²) in [5.74, 6) is 3.69. The summed E-state index contributed by atoms with van der Waals surface area (Å²) in [6.07, 6.45) is 4.28. The van der Waals surface area contributed by atoms with Gasteiger partial charge in [-0.15, -0.1) is 0 Å². The number of piperidine rings is 2. The van der Waals surface area contributed by atoms with Gasteiger partial charge in [0.1, 0.15) is 0 Å². The maximum atomic E-state index is 2.75. The molecular formula is C17H34N2. The van der Waals surface area contributed by atoms with E-state index in [1.165, 1.54) is 58.5 Å². The molecule has 2 unspecified atom stereocenters. The molecule has 2 nitrogen and oxygen atoms in total. The van der Waals surface area contributed by atoms with Crippen molar-refractivity contribution in [1.82, 2.24) is 9.80 Å². The molecule has 0 aromatic carbocycles. The molecule has 19 heavy (non-hydrogen) atoms. The molecule has 2 heteroatoms. The van der Waals surface area contributed by atoms with Gasteiger partial charge in [-0.1, -0.05) is 27.7 Å². The summed E-state index contributed by atoms with van der Waals surface area (Å²) in [5, 5.41) is 0. The lowest BCUT2D eigenvalue weighted by Gasteiger charge is -2.41. The van der Waals surface area contributed by atoms with Crippen molar-refractivity contribution in [2.45, 2.75) is 47.0 Å². The minimum absolute atomic E-state index is 0.883. The van der Waals surface area contributed by atoms with Gasteiger partial charge in [0.05, 0.1) is 0 Å². The van der Waals surface area contributed by atoms with Gasteiger partial charge in [-0.05, 0) is 69.1 Å². The highest BCUT2D eigenvalue weighted by Crippen LogP contribution is 2.28. The molecule has 0 amide bonds. The first-order valence-electron chi connectivity index (χ1n) is 8.54. The van der Waals surface area contributed by atoms with Crippen molar-refractivity contribution in [1.29, 1.82) is 0 Å². The summed E-state index contributed by atoms with van der Waals surface area (Å²) < 4.78 is 0. The number of likely N-dealkylation sites (tertiary alicyclic amines) is 2. The molecule has 0 aliphatic carbocycles. The van der Waals surface area contributed by atoms with Crippen molar-refractivity contribution in [2.24, 2.45) is 23.7 Å². The van der Waals surface area contributed by atoms with E-state index in [-0.39, 0.29) is 0 Å². The van der Waals surface area contributed by atoms with Crippen LogP contribution in [0, 0.1) is 23.7 Å². The third-order valence-electron chi connectivity index (χ3n) is 5.68. The molecule has 2 aliphatic rings. The van der Waals surface area contributed by atoms with E-state index in [2.05, 4.69) is 37.5 Å². The molecule has 0 saturated carbocycles. The number of rotatable bonds is 4. The van der Waals surface area contributed by atoms with Crippen molar-refractivity contribution in [3.8, 4) is 0 Å². The molecule has 0 aromatic heterocycles. The van der Waals surface area contributed by atoms with E-state index >= 15 is 0 Å². The SMILES string of the molecule is CCN1CCC(CN2CCC(C(C)C)CC2)C(C)C1. The summed E-state index contributed by atoms with van der Waals surface area (Å²) in [6.45, 7) is 17.5. The van der Waals surface area contributed by atoms with Crippen LogP contribution >= 0.6 is 0 Å². The Morgan fingerprint density at radius 1 is 1.00 bits per heavy atom. The normalized spacial score (nSPS) is 32.1. The van der Waals surface area contributed by atoms with Crippen molar-refractivity contribution in [2.75, 3.05) is 39.3 Å². The number of nitrogens with zero attached hydrogens (tertiary/aromatic N) is 2. The van der Waals surface area contributed by atoms with Crippen LogP contribution in [0.3, 0.4) is 0 Å². The number of hydrogen-bond acceptors (Lipinski definition) is 2. The second kappa shape index (κ2) is 7.08. The molecule has 112 valence electrons. The maximum absolute atomic E-state index is 2.75. The van der Waals surface area contributed by atoms with Crippen molar-refractivity contribution < 1.29 is 0 Å². The Hall–Kier alpha value is -0.0800. The van der Waals surface area contributed by atoms with Gasteiger partial charge in [0.2, 0.25) is 0 Å². The summed E-state index contributed by atoms with van der Waals surface area (Å²) in [6, 6.07) is 0. The van der Waals surface area contributed by atoms with Crippen LogP contribution in [0.5, 0.6) is 0 Å². The Balaban J connectivity index is 1.74. The third kappa shape index (κ3) is 4.19. The Morgan fingerprint density at radius 2 is 1.63 bits per heavy atom. The van der Waals surface area contributed by atoms with Gasteiger partial charge >= 0.3 is 0 Å². The standard InChI is InChI=1S/C17H34N2/c1-5-18-9-8-17(15(4)12-18)13-19-10-6-16(7-11-19)14(2)3/h14-17H,5-13H2,1-4H3. The highest BCUT2D eigenvalue weighted by molar-refractivity contribution is 4.82. The Labute approximate surface area is 120 Å². The predicted molar refractivity (Wildman–Crippen MR) is 83.4 cm³/mol. The Kier molecular flexibility index (Phi) is 5.70. The van der Waals surface area contributed by atoms with Crippen LogP contribution in [0.15, 0.2) is 0 Å². The Morgan fingerprint density at radius 3 is 2.16 bits per heavy atom. The molecular weight excluding hydrogens is 232 g/mol. The average Bonchev–Trinajstić information content (AvgIpc) is 2.41. The van der Waals surface area contributed by atoms with Gasteiger partial charge in [-0.2, -0.15) is 0 Å². The monoisotopic (exact) mass is 266 g/mol. The fourth-order valence-corrected chi connectivity index (χ4v) is 3.97. The van der Waals surface area contributed by atoms with Crippen LogP contribution in [-0.2, 0) is 0 Å². The van der Waals surface area contributed by atoms with Crippen molar-refractivity contribution in [3.05, 3.63) is 0 Å². The van der Waals surface area contributed by atoms with Gasteiger partial charge in [-0.3, -0.25) is 0 Å². The second-order valence-corrected chi connectivity index (χ2v) is 7.30. The number of hydrogen-bond donors (Lipinski definition) is 0. The van der Waals surface area contributed by atoms with E-state index in [0.29, 0.717) is 0 Å². The molecule has 2 aliphatic heterocycles. The van der Waals surface area contributed by atoms with Gasteiger partial charge < -0.3 is 9.80 Å². The van der Waals surface area contributed by atoms with Gasteiger partial charge in [0.25, 0.3) is 0 Å². The van der Waals surface area contributed by atoms with E-state index in [4.69, 9.17) is 0 Å². The van der Waals surface area contributed by atoms with Crippen LogP contribution in [-0.4, -0.2) is 49.1 Å². The third-order valence-corrected chi connectivity index (χ3v) is 5.68. The molecule has 0 bridgehead atoms. The first-order valence-corrected chi connectivity index (χ1v) is 8.54. The highest BCUT2D eigenvalue weighted by atomic mass is 15.2. The minimum Gasteiger partial charge on any atom is -0.303 e. The zero-order chi connectivity index (χ0) is 13.8. The topological polar surface area (TPSA) is 6.48 Å². The van der Waals surface area contributed by atoms with E-state index in [0.717, 1.165) is 23.7 Å². The molecule has 2 rings (SSSR count).